The molecule has 0 aromatic rings. The van der Waals surface area contributed by atoms with Crippen LogP contribution in [0, 0.1) is 5.41 Å². The molecule has 3 N–H and O–H groups in total. The lowest BCUT2D eigenvalue weighted by molar-refractivity contribution is -0.167. The van der Waals surface area contributed by atoms with E-state index < -0.39 is 0 Å². The van der Waals surface area contributed by atoms with E-state index in [4.69, 9.17) is 15.9 Å². The summed E-state index contributed by atoms with van der Waals surface area (Å²) in [5, 5.41) is 7.39. The summed E-state index contributed by atoms with van der Waals surface area (Å²) in [5.74, 6) is 0.129. The molecule has 1 heterocycles. The Morgan fingerprint density at radius 1 is 1.23 bits per heavy atom. The minimum Gasteiger partial charge on any atom is -0.370 e. The highest BCUT2D eigenvalue weighted by Crippen LogP contribution is 2.27. The van der Waals surface area contributed by atoms with Crippen LogP contribution in [0.25, 0.3) is 0 Å². The van der Waals surface area contributed by atoms with Crippen LogP contribution in [0.1, 0.15) is 27.7 Å². The largest absolute Gasteiger partial charge is 0.370 e. The van der Waals surface area contributed by atoms with Crippen molar-refractivity contribution in [3.8, 4) is 0 Å². The van der Waals surface area contributed by atoms with Gasteiger partial charge in [-0.25, -0.2) is 0 Å². The lowest BCUT2D eigenvalue weighted by Crippen LogP contribution is -2.59. The number of hydrogen-bond donors (Lipinski definition) is 2. The van der Waals surface area contributed by atoms with Crippen LogP contribution in [0.4, 0.5) is 0 Å². The number of ether oxygens (including phenoxy) is 1. The maximum atomic E-state index is 7.39. The molecular formula is C9H19N3O. The van der Waals surface area contributed by atoms with Crippen molar-refractivity contribution in [2.45, 2.75) is 38.9 Å². The highest BCUT2D eigenvalue weighted by molar-refractivity contribution is 5.74. The summed E-state index contributed by atoms with van der Waals surface area (Å²) >= 11 is 0. The topological polar surface area (TPSA) is 62.3 Å². The van der Waals surface area contributed by atoms with Crippen LogP contribution in [-0.4, -0.2) is 35.2 Å². The Morgan fingerprint density at radius 3 is 1.92 bits per heavy atom. The van der Waals surface area contributed by atoms with E-state index in [9.17, 15) is 0 Å². The fourth-order valence-electron chi connectivity index (χ4n) is 1.96. The fraction of sp³-hybridized carbons (Fsp3) is 0.889. The van der Waals surface area contributed by atoms with Gasteiger partial charge in [-0.05, 0) is 27.7 Å². The van der Waals surface area contributed by atoms with E-state index in [-0.39, 0.29) is 17.2 Å². The van der Waals surface area contributed by atoms with Gasteiger partial charge in [-0.15, -0.1) is 0 Å². The number of morpholine rings is 1. The molecule has 0 aromatic heterocycles. The van der Waals surface area contributed by atoms with E-state index in [0.29, 0.717) is 13.1 Å². The Morgan fingerprint density at radius 2 is 1.62 bits per heavy atom. The minimum absolute atomic E-state index is 0.129. The summed E-state index contributed by atoms with van der Waals surface area (Å²) in [6, 6.07) is 0. The van der Waals surface area contributed by atoms with Gasteiger partial charge in [-0.2, -0.15) is 0 Å². The molecule has 0 spiro atoms. The first-order valence-corrected chi connectivity index (χ1v) is 4.51. The molecule has 0 bridgehead atoms. The summed E-state index contributed by atoms with van der Waals surface area (Å²) in [7, 11) is 0. The molecule has 0 radical (unpaired) electrons. The van der Waals surface area contributed by atoms with Crippen LogP contribution in [0.15, 0.2) is 0 Å². The van der Waals surface area contributed by atoms with Crippen LogP contribution in [0.3, 0.4) is 0 Å². The summed E-state index contributed by atoms with van der Waals surface area (Å²) in [5.41, 5.74) is 5.01. The molecule has 1 aliphatic rings. The van der Waals surface area contributed by atoms with E-state index in [1.807, 2.05) is 32.6 Å². The molecule has 0 aromatic carbocycles. The molecule has 76 valence electrons. The van der Waals surface area contributed by atoms with Crippen molar-refractivity contribution in [2.75, 3.05) is 13.1 Å². The lowest BCUT2D eigenvalue weighted by atomic mass is 9.99. The second-order valence-electron chi connectivity index (χ2n) is 4.86. The quantitative estimate of drug-likeness (QED) is 0.433. The van der Waals surface area contributed by atoms with Crippen LogP contribution in [0.2, 0.25) is 0 Å². The maximum Gasteiger partial charge on any atom is 0.188 e. The average molecular weight is 185 g/mol. The molecule has 0 unspecified atom stereocenters. The van der Waals surface area contributed by atoms with Crippen molar-refractivity contribution in [3.63, 3.8) is 0 Å². The van der Waals surface area contributed by atoms with Crippen molar-refractivity contribution < 1.29 is 4.74 Å². The second kappa shape index (κ2) is 2.87. The summed E-state index contributed by atoms with van der Waals surface area (Å²) < 4.78 is 5.85. The Hall–Kier alpha value is -0.770. The minimum atomic E-state index is -0.229. The number of nitrogens with zero attached hydrogens (tertiary/aromatic N) is 1. The first-order chi connectivity index (χ1) is 5.72. The molecule has 1 fully saturated rings. The molecule has 4 nitrogen and oxygen atoms in total. The molecule has 4 heteroatoms. The molecule has 0 atom stereocenters. The van der Waals surface area contributed by atoms with Crippen molar-refractivity contribution in [1.82, 2.24) is 4.90 Å². The van der Waals surface area contributed by atoms with E-state index in [1.54, 1.807) is 0 Å². The summed E-state index contributed by atoms with van der Waals surface area (Å²) in [4.78, 5) is 1.85. The molecule has 1 saturated heterocycles. The van der Waals surface area contributed by atoms with Gasteiger partial charge in [0, 0.05) is 13.1 Å². The number of guanidine groups is 1. The zero-order valence-corrected chi connectivity index (χ0v) is 8.85. The van der Waals surface area contributed by atoms with E-state index >= 15 is 0 Å². The predicted octanol–water partition coefficient (Wildman–Crippen LogP) is 0.769. The first-order valence-electron chi connectivity index (χ1n) is 4.51. The average Bonchev–Trinajstić information content (AvgIpc) is 1.79. The normalized spacial score (nSPS) is 25.7. The third kappa shape index (κ3) is 2.59. The van der Waals surface area contributed by atoms with Gasteiger partial charge in [0.25, 0.3) is 0 Å². The van der Waals surface area contributed by atoms with Gasteiger partial charge < -0.3 is 15.4 Å². The van der Waals surface area contributed by atoms with E-state index in [2.05, 4.69) is 0 Å². The number of nitrogens with two attached hydrogens (primary N) is 1. The Labute approximate surface area is 79.6 Å². The van der Waals surface area contributed by atoms with Crippen molar-refractivity contribution in [2.24, 2.45) is 5.73 Å². The van der Waals surface area contributed by atoms with Gasteiger partial charge in [0.05, 0.1) is 11.2 Å². The van der Waals surface area contributed by atoms with Crippen molar-refractivity contribution >= 4 is 5.96 Å². The Balaban J connectivity index is 2.78. The third-order valence-corrected chi connectivity index (χ3v) is 2.04. The fourth-order valence-corrected chi connectivity index (χ4v) is 1.96. The van der Waals surface area contributed by atoms with Crippen LogP contribution < -0.4 is 5.73 Å². The van der Waals surface area contributed by atoms with Gasteiger partial charge in [-0.1, -0.05) is 0 Å². The Kier molecular flexibility index (Phi) is 2.28. The van der Waals surface area contributed by atoms with Crippen LogP contribution in [-0.2, 0) is 4.74 Å². The second-order valence-corrected chi connectivity index (χ2v) is 4.86. The smallest absolute Gasteiger partial charge is 0.188 e. The SMILES string of the molecule is CC1(C)CN(C(=N)N)CC(C)(C)O1. The third-order valence-electron chi connectivity index (χ3n) is 2.04. The van der Waals surface area contributed by atoms with Crippen molar-refractivity contribution in [1.29, 1.82) is 5.41 Å². The first kappa shape index (κ1) is 10.3. The maximum absolute atomic E-state index is 7.39. The van der Waals surface area contributed by atoms with Gasteiger partial charge in [0.2, 0.25) is 0 Å². The van der Waals surface area contributed by atoms with Gasteiger partial charge >= 0.3 is 0 Å². The predicted molar refractivity (Wildman–Crippen MR) is 52.7 cm³/mol. The summed E-state index contributed by atoms with van der Waals surface area (Å²) in [6.07, 6.45) is 0. The number of nitrogens with one attached hydrogen (secondary N) is 1. The summed E-state index contributed by atoms with van der Waals surface area (Å²) in [6.45, 7) is 9.44. The highest BCUT2D eigenvalue weighted by Gasteiger charge is 2.38. The molecule has 1 aliphatic heterocycles. The van der Waals surface area contributed by atoms with E-state index in [0.717, 1.165) is 0 Å². The molecule has 0 aliphatic carbocycles. The molecule has 1 rings (SSSR count). The van der Waals surface area contributed by atoms with Gasteiger partial charge in [0.15, 0.2) is 5.96 Å². The number of hydrogen-bond acceptors (Lipinski definition) is 2. The lowest BCUT2D eigenvalue weighted by Gasteiger charge is -2.47. The molecular weight excluding hydrogens is 166 g/mol. The van der Waals surface area contributed by atoms with Crippen molar-refractivity contribution in [3.05, 3.63) is 0 Å². The molecule has 13 heavy (non-hydrogen) atoms. The monoisotopic (exact) mass is 185 g/mol. The van der Waals surface area contributed by atoms with Crippen LogP contribution >= 0.6 is 0 Å². The molecule has 0 amide bonds. The van der Waals surface area contributed by atoms with Gasteiger partial charge in [-0.3, -0.25) is 5.41 Å². The molecule has 0 saturated carbocycles. The van der Waals surface area contributed by atoms with Crippen LogP contribution in [0.5, 0.6) is 0 Å². The zero-order chi connectivity index (χ0) is 10.3. The standard InChI is InChI=1S/C9H19N3O/c1-8(2)5-12(7(10)11)6-9(3,4)13-8/h5-6H2,1-4H3,(H3,10,11). The van der Waals surface area contributed by atoms with Gasteiger partial charge in [0.1, 0.15) is 0 Å². The number of rotatable bonds is 0. The zero-order valence-electron chi connectivity index (χ0n) is 8.85. The Bertz CT molecular complexity index is 207. The highest BCUT2D eigenvalue weighted by atomic mass is 16.5. The van der Waals surface area contributed by atoms with E-state index in [1.165, 1.54) is 0 Å².